The maximum absolute atomic E-state index is 12.8. The van der Waals surface area contributed by atoms with Crippen LogP contribution in [0.3, 0.4) is 0 Å². The average molecular weight is 431 g/mol. The van der Waals surface area contributed by atoms with Crippen LogP contribution in [0, 0.1) is 18.3 Å². The number of rotatable bonds is 4. The van der Waals surface area contributed by atoms with Crippen molar-refractivity contribution in [3.05, 3.63) is 82.1 Å². The molecule has 0 spiro atoms. The number of alkyl halides is 3. The minimum Gasteiger partial charge on any atom is -0.457 e. The van der Waals surface area contributed by atoms with Gasteiger partial charge in [0, 0.05) is 22.3 Å². The van der Waals surface area contributed by atoms with Gasteiger partial charge in [0.15, 0.2) is 0 Å². The monoisotopic (exact) mass is 430 g/mol. The lowest BCUT2D eigenvalue weighted by Crippen LogP contribution is -2.14. The Balaban J connectivity index is 1.83. The lowest BCUT2D eigenvalue weighted by atomic mass is 10.1. The third-order valence-electron chi connectivity index (χ3n) is 4.19. The topological polar surface area (TPSA) is 66.0 Å². The van der Waals surface area contributed by atoms with Crippen molar-refractivity contribution < 1.29 is 22.4 Å². The molecule has 0 atom stereocenters. The third kappa shape index (κ3) is 4.91. The van der Waals surface area contributed by atoms with Crippen LogP contribution in [-0.4, -0.2) is 5.91 Å². The van der Waals surface area contributed by atoms with Gasteiger partial charge in [0.25, 0.3) is 5.91 Å². The van der Waals surface area contributed by atoms with Gasteiger partial charge in [-0.15, -0.1) is 0 Å². The second-order valence-corrected chi connectivity index (χ2v) is 6.80. The van der Waals surface area contributed by atoms with Crippen LogP contribution in [0.1, 0.15) is 16.9 Å². The van der Waals surface area contributed by atoms with Crippen LogP contribution in [0.5, 0.6) is 0 Å². The highest BCUT2D eigenvalue weighted by atomic mass is 35.5. The molecule has 30 heavy (non-hydrogen) atoms. The van der Waals surface area contributed by atoms with Crippen LogP contribution < -0.4 is 5.32 Å². The number of halogens is 4. The number of nitrogens with one attached hydrogen (secondary N) is 1. The summed E-state index contributed by atoms with van der Waals surface area (Å²) in [4.78, 5) is 12.3. The van der Waals surface area contributed by atoms with Gasteiger partial charge in [0.05, 0.1) is 5.56 Å². The molecule has 1 N–H and O–H groups in total. The molecule has 0 saturated carbocycles. The lowest BCUT2D eigenvalue weighted by molar-refractivity contribution is -0.137. The quantitative estimate of drug-likeness (QED) is 0.381. The summed E-state index contributed by atoms with van der Waals surface area (Å²) in [5.74, 6) is -0.120. The molecule has 0 bridgehead atoms. The SMILES string of the molecule is Cc1ccc(Cl)cc1-c1ccc(/C=C(/C#N)C(=O)Nc2cccc(C(F)(F)F)c2)o1. The van der Waals surface area contributed by atoms with Crippen molar-refractivity contribution >= 4 is 29.3 Å². The first-order chi connectivity index (χ1) is 14.2. The zero-order chi connectivity index (χ0) is 21.9. The van der Waals surface area contributed by atoms with Gasteiger partial charge < -0.3 is 9.73 Å². The summed E-state index contributed by atoms with van der Waals surface area (Å²) in [6.45, 7) is 1.88. The van der Waals surface area contributed by atoms with E-state index in [2.05, 4.69) is 5.32 Å². The fourth-order valence-electron chi connectivity index (χ4n) is 2.70. The zero-order valence-corrected chi connectivity index (χ0v) is 16.3. The number of anilines is 1. The van der Waals surface area contributed by atoms with Crippen molar-refractivity contribution in [2.24, 2.45) is 0 Å². The molecule has 0 aliphatic heterocycles. The van der Waals surface area contributed by atoms with Crippen LogP contribution >= 0.6 is 11.6 Å². The molecule has 1 amide bonds. The number of carbonyl (C=O) groups excluding carboxylic acids is 1. The Kier molecular flexibility index (Phi) is 5.99. The fourth-order valence-corrected chi connectivity index (χ4v) is 2.87. The number of hydrogen-bond donors (Lipinski definition) is 1. The van der Waals surface area contributed by atoms with Gasteiger partial charge in [-0.3, -0.25) is 4.79 Å². The Hall–Kier alpha value is -3.50. The second-order valence-electron chi connectivity index (χ2n) is 6.36. The molecular formula is C22H14ClF3N2O2. The largest absolute Gasteiger partial charge is 0.457 e. The maximum atomic E-state index is 12.8. The number of nitrogens with zero attached hydrogens (tertiary/aromatic N) is 1. The molecule has 0 radical (unpaired) electrons. The van der Waals surface area contributed by atoms with Crippen molar-refractivity contribution in [1.29, 1.82) is 5.26 Å². The molecule has 0 aliphatic carbocycles. The maximum Gasteiger partial charge on any atom is 0.416 e. The van der Waals surface area contributed by atoms with Gasteiger partial charge in [0.2, 0.25) is 0 Å². The van der Waals surface area contributed by atoms with E-state index >= 15 is 0 Å². The van der Waals surface area contributed by atoms with Crippen molar-refractivity contribution in [2.45, 2.75) is 13.1 Å². The summed E-state index contributed by atoms with van der Waals surface area (Å²) in [7, 11) is 0. The predicted octanol–water partition coefficient (Wildman–Crippen LogP) is 6.47. The van der Waals surface area contributed by atoms with E-state index in [-0.39, 0.29) is 17.0 Å². The number of carbonyl (C=O) groups is 1. The molecule has 0 fully saturated rings. The summed E-state index contributed by atoms with van der Waals surface area (Å²) in [6.07, 6.45) is -3.33. The van der Waals surface area contributed by atoms with Gasteiger partial charge in [0.1, 0.15) is 23.2 Å². The molecule has 2 aromatic carbocycles. The van der Waals surface area contributed by atoms with Gasteiger partial charge >= 0.3 is 6.18 Å². The zero-order valence-electron chi connectivity index (χ0n) is 15.5. The van der Waals surface area contributed by atoms with Crippen LogP contribution in [0.25, 0.3) is 17.4 Å². The summed E-state index contributed by atoms with van der Waals surface area (Å²) in [5, 5.41) is 12.1. The molecule has 1 aromatic heterocycles. The van der Waals surface area contributed by atoms with Crippen molar-refractivity contribution in [1.82, 2.24) is 0 Å². The number of hydrogen-bond acceptors (Lipinski definition) is 3. The smallest absolute Gasteiger partial charge is 0.416 e. The summed E-state index contributed by atoms with van der Waals surface area (Å²) in [6, 6.07) is 14.4. The third-order valence-corrected chi connectivity index (χ3v) is 4.43. The number of amides is 1. The lowest BCUT2D eigenvalue weighted by Gasteiger charge is -2.09. The van der Waals surface area contributed by atoms with Gasteiger partial charge in [-0.2, -0.15) is 18.4 Å². The van der Waals surface area contributed by atoms with E-state index in [1.54, 1.807) is 30.3 Å². The number of aryl methyl sites for hydroxylation is 1. The van der Waals surface area contributed by atoms with Crippen molar-refractivity contribution in [2.75, 3.05) is 5.32 Å². The first-order valence-electron chi connectivity index (χ1n) is 8.64. The molecule has 0 saturated heterocycles. The normalized spacial score (nSPS) is 11.8. The Morgan fingerprint density at radius 3 is 2.63 bits per heavy atom. The molecule has 8 heteroatoms. The van der Waals surface area contributed by atoms with Crippen LogP contribution in [0.2, 0.25) is 5.02 Å². The first kappa shape index (κ1) is 21.2. The van der Waals surface area contributed by atoms with E-state index < -0.39 is 17.6 Å². The first-order valence-corrected chi connectivity index (χ1v) is 9.02. The highest BCUT2D eigenvalue weighted by Gasteiger charge is 2.30. The van der Waals surface area contributed by atoms with Gasteiger partial charge in [-0.25, -0.2) is 0 Å². The highest BCUT2D eigenvalue weighted by molar-refractivity contribution is 6.30. The molecule has 3 aromatic rings. The van der Waals surface area contributed by atoms with Crippen molar-refractivity contribution in [3.8, 4) is 17.4 Å². The summed E-state index contributed by atoms with van der Waals surface area (Å²) < 4.78 is 44.1. The standard InChI is InChI=1S/C22H14ClF3N2O2/c1-13-5-6-16(23)11-19(13)20-8-7-18(30-20)9-14(12-27)21(29)28-17-4-2-3-15(10-17)22(24,25)26/h2-11H,1H3,(H,28,29)/b14-9-. The van der Waals surface area contributed by atoms with Gasteiger partial charge in [-0.1, -0.05) is 23.7 Å². The van der Waals surface area contributed by atoms with Crippen molar-refractivity contribution in [3.63, 3.8) is 0 Å². The molecule has 0 unspecified atom stereocenters. The molecule has 4 nitrogen and oxygen atoms in total. The van der Waals surface area contributed by atoms with Gasteiger partial charge in [-0.05, 0) is 55.0 Å². The summed E-state index contributed by atoms with van der Waals surface area (Å²) >= 11 is 6.02. The molecule has 152 valence electrons. The van der Waals surface area contributed by atoms with E-state index in [0.717, 1.165) is 23.3 Å². The van der Waals surface area contributed by atoms with E-state index in [1.807, 2.05) is 13.0 Å². The second kappa shape index (κ2) is 8.47. The molecule has 1 heterocycles. The van der Waals surface area contributed by atoms with Crippen LogP contribution in [0.15, 0.2) is 64.6 Å². The van der Waals surface area contributed by atoms with Crippen LogP contribution in [0.4, 0.5) is 18.9 Å². The van der Waals surface area contributed by atoms with E-state index in [1.165, 1.54) is 18.2 Å². The fraction of sp³-hybridized carbons (Fsp3) is 0.0909. The Morgan fingerprint density at radius 1 is 1.17 bits per heavy atom. The van der Waals surface area contributed by atoms with E-state index in [9.17, 15) is 23.2 Å². The number of nitriles is 1. The van der Waals surface area contributed by atoms with E-state index in [4.69, 9.17) is 16.0 Å². The molecule has 0 aliphatic rings. The minimum absolute atomic E-state index is 0.0781. The average Bonchev–Trinajstić information content (AvgIpc) is 3.16. The highest BCUT2D eigenvalue weighted by Crippen LogP contribution is 2.31. The molecular weight excluding hydrogens is 417 g/mol. The molecule has 3 rings (SSSR count). The number of benzene rings is 2. The Bertz CT molecular complexity index is 1170. The number of furan rings is 1. The summed E-state index contributed by atoms with van der Waals surface area (Å²) in [5.41, 5.74) is 0.373. The Morgan fingerprint density at radius 2 is 1.93 bits per heavy atom. The Labute approximate surface area is 175 Å². The van der Waals surface area contributed by atoms with Crippen LogP contribution in [-0.2, 0) is 11.0 Å². The van der Waals surface area contributed by atoms with E-state index in [0.29, 0.717) is 10.8 Å². The minimum atomic E-state index is -4.54. The predicted molar refractivity (Wildman–Crippen MR) is 108 cm³/mol.